The minimum Gasteiger partial charge on any atom is -0.309 e. The van der Waals surface area contributed by atoms with Gasteiger partial charge < -0.3 is 9.13 Å². The van der Waals surface area contributed by atoms with E-state index in [1.807, 2.05) is 36.4 Å². The number of para-hydroxylation sites is 4. The first-order valence-electron chi connectivity index (χ1n) is 32.7. The molecular formula is C82H65N11. The van der Waals surface area contributed by atoms with E-state index >= 15 is 0 Å². The summed E-state index contributed by atoms with van der Waals surface area (Å²) >= 11 is 0. The second kappa shape index (κ2) is 21.8. The van der Waals surface area contributed by atoms with E-state index in [1.165, 1.54) is 30.2 Å². The quantitative estimate of drug-likeness (QED) is 0.132. The second-order valence-electron chi connectivity index (χ2n) is 26.9. The third kappa shape index (κ3) is 9.19. The lowest BCUT2D eigenvalue weighted by Gasteiger charge is -2.39. The fraction of sp³-hybridized carbons (Fsp3) is 0.195. The molecule has 2 unspecified atom stereocenters. The number of aryl methyl sites for hydroxylation is 1. The van der Waals surface area contributed by atoms with Gasteiger partial charge in [-0.15, -0.1) is 0 Å². The van der Waals surface area contributed by atoms with Crippen molar-refractivity contribution in [3.63, 3.8) is 0 Å². The molecule has 3 aliphatic carbocycles. The van der Waals surface area contributed by atoms with E-state index in [1.54, 1.807) is 0 Å². The average molecular weight is 1200 g/mol. The summed E-state index contributed by atoms with van der Waals surface area (Å²) in [5.41, 5.74) is 16.2. The van der Waals surface area contributed by atoms with Crippen molar-refractivity contribution in [1.82, 2.24) is 43.6 Å². The fourth-order valence-electron chi connectivity index (χ4n) is 15.9. The molecule has 93 heavy (non-hydrogen) atoms. The molecule has 2 fully saturated rings. The number of benzene rings is 9. The van der Waals surface area contributed by atoms with E-state index < -0.39 is 5.41 Å². The Morgan fingerprint density at radius 2 is 1.08 bits per heavy atom. The molecule has 0 N–H and O–H groups in total. The summed E-state index contributed by atoms with van der Waals surface area (Å²) in [7, 11) is 0. The van der Waals surface area contributed by atoms with Gasteiger partial charge in [0.05, 0.1) is 62.2 Å². The van der Waals surface area contributed by atoms with Gasteiger partial charge in [-0.1, -0.05) is 174 Å². The molecule has 9 aromatic carbocycles. The van der Waals surface area contributed by atoms with Gasteiger partial charge in [0.2, 0.25) is 5.95 Å². The molecule has 2 saturated carbocycles. The first-order valence-corrected chi connectivity index (χ1v) is 32.7. The molecule has 3 aliphatic rings. The summed E-state index contributed by atoms with van der Waals surface area (Å²) in [6.07, 6.45) is 13.1. The molecule has 0 aliphatic heterocycles. The van der Waals surface area contributed by atoms with Crippen molar-refractivity contribution in [2.24, 2.45) is 11.8 Å². The zero-order valence-electron chi connectivity index (χ0n) is 52.4. The normalized spacial score (nSPS) is 17.0. The molecule has 11 nitrogen and oxygen atoms in total. The van der Waals surface area contributed by atoms with Crippen LogP contribution in [0.3, 0.4) is 0 Å². The zero-order valence-corrected chi connectivity index (χ0v) is 52.4. The van der Waals surface area contributed by atoms with Crippen molar-refractivity contribution in [2.45, 2.75) is 89.9 Å². The van der Waals surface area contributed by atoms with Gasteiger partial charge in [0.15, 0.2) is 17.5 Å². The number of aromatic nitrogens is 9. The highest BCUT2D eigenvalue weighted by molar-refractivity contribution is 6.14. The summed E-state index contributed by atoms with van der Waals surface area (Å²) in [4.78, 5) is 33.3. The summed E-state index contributed by atoms with van der Waals surface area (Å²) in [5.74, 6) is 4.74. The van der Waals surface area contributed by atoms with Crippen LogP contribution in [-0.4, -0.2) is 43.6 Å². The van der Waals surface area contributed by atoms with E-state index in [0.29, 0.717) is 52.2 Å². The summed E-state index contributed by atoms with van der Waals surface area (Å²) < 4.78 is 6.91. The van der Waals surface area contributed by atoms with E-state index in [4.69, 9.17) is 29.9 Å². The maximum absolute atomic E-state index is 10.7. The summed E-state index contributed by atoms with van der Waals surface area (Å²) in [6.45, 7) is 8.70. The Labute approximate surface area is 539 Å². The van der Waals surface area contributed by atoms with Crippen LogP contribution in [0.25, 0.3) is 134 Å². The number of hydrogen-bond donors (Lipinski definition) is 0. The van der Waals surface area contributed by atoms with E-state index in [0.717, 1.165) is 143 Å². The Kier molecular flexibility index (Phi) is 13.1. The van der Waals surface area contributed by atoms with Crippen molar-refractivity contribution in [1.29, 1.82) is 10.5 Å². The van der Waals surface area contributed by atoms with Crippen LogP contribution in [0.2, 0.25) is 0 Å². The SMILES string of the molecule is CCC1(c2nc(-c3cc(C#N)ccc3-n3c4c(c5ccccc53)CCC=C4)nc(-n3c4ccccc4c4cccc(-c5cccc(-c6nc(-c7cc(C#N)ccc7-n7c8ccccc8c8cc(-c9ccccc9)ccc87)nc(C(C)(C)C)n6)c5)c43)n2)CC2CCC(C2)C1. The largest absolute Gasteiger partial charge is 0.309 e. The number of nitriles is 2. The molecule has 5 aromatic heterocycles. The van der Waals surface area contributed by atoms with Crippen LogP contribution in [-0.2, 0) is 17.3 Å². The topological polar surface area (TPSA) is 140 Å². The van der Waals surface area contributed by atoms with Gasteiger partial charge in [-0.05, 0) is 151 Å². The van der Waals surface area contributed by atoms with Crippen LogP contribution in [0, 0.1) is 34.5 Å². The third-order valence-electron chi connectivity index (χ3n) is 20.3. The minimum absolute atomic E-state index is 0.274. The summed E-state index contributed by atoms with van der Waals surface area (Å²) in [5, 5.41) is 26.9. The van der Waals surface area contributed by atoms with Crippen molar-refractivity contribution in [3.8, 4) is 85.9 Å². The Hall–Kier alpha value is -11.1. The molecule has 0 saturated heterocycles. The molecule has 11 heteroatoms. The van der Waals surface area contributed by atoms with Gasteiger partial charge >= 0.3 is 0 Å². The van der Waals surface area contributed by atoms with Gasteiger partial charge in [0, 0.05) is 65.7 Å². The molecule has 448 valence electrons. The van der Waals surface area contributed by atoms with Crippen molar-refractivity contribution >= 4 is 60.6 Å². The maximum Gasteiger partial charge on any atom is 0.238 e. The smallest absolute Gasteiger partial charge is 0.238 e. The van der Waals surface area contributed by atoms with Crippen molar-refractivity contribution < 1.29 is 0 Å². The predicted octanol–water partition coefficient (Wildman–Crippen LogP) is 19.4. The van der Waals surface area contributed by atoms with Crippen LogP contribution < -0.4 is 0 Å². The fourth-order valence-corrected chi connectivity index (χ4v) is 15.9. The number of fused-ring (bicyclic) bond motifs is 11. The highest BCUT2D eigenvalue weighted by Gasteiger charge is 2.46. The second-order valence-corrected chi connectivity index (χ2v) is 26.9. The lowest BCUT2D eigenvalue weighted by Crippen LogP contribution is -2.35. The average Bonchev–Trinajstić information content (AvgIpc) is 1.62. The highest BCUT2D eigenvalue weighted by Crippen LogP contribution is 2.53. The number of rotatable bonds is 10. The van der Waals surface area contributed by atoms with Crippen LogP contribution >= 0.6 is 0 Å². The minimum atomic E-state index is -0.483. The molecule has 0 amide bonds. The predicted molar refractivity (Wildman–Crippen MR) is 373 cm³/mol. The molecule has 2 bridgehead atoms. The molecule has 0 spiro atoms. The zero-order chi connectivity index (χ0) is 62.7. The Morgan fingerprint density at radius 3 is 1.78 bits per heavy atom. The molecule has 2 atom stereocenters. The maximum atomic E-state index is 10.7. The van der Waals surface area contributed by atoms with Gasteiger partial charge in [0.25, 0.3) is 0 Å². The molecule has 14 aromatic rings. The van der Waals surface area contributed by atoms with Gasteiger partial charge in [0.1, 0.15) is 11.6 Å². The van der Waals surface area contributed by atoms with E-state index in [-0.39, 0.29) is 5.41 Å². The first-order chi connectivity index (χ1) is 45.5. The third-order valence-corrected chi connectivity index (χ3v) is 20.3. The number of allylic oxidation sites excluding steroid dienone is 1. The lowest BCUT2D eigenvalue weighted by molar-refractivity contribution is 0.196. The monoisotopic (exact) mass is 1200 g/mol. The standard InChI is InChI=1S/C82H65N11/c1-5-82(46-50-33-34-51(41-50)47-82)79-88-77(66-43-53(49-84)36-39-73(66)91-67-29-13-9-23-59(67)60-24-10-14-30-68(60)91)89-80(90-79)93-70-32-16-11-25-61(70)63-28-18-27-58(74(63)93)56-21-17-22-57(44-56)75-85-76(87-78(86-75)81(2,3)4)65-42-52(48-83)35-38-72(65)92-69-31-15-12-26-62(69)64-45-55(37-40-71(64)92)54-19-7-6-8-20-54/h6-9,11-23,25-32,35-40,42-45,50-51H,5,10,24,33-34,41,46-47H2,1-4H3. The van der Waals surface area contributed by atoms with E-state index in [2.05, 4.69) is 229 Å². The van der Waals surface area contributed by atoms with Gasteiger partial charge in [-0.2, -0.15) is 20.5 Å². The molecule has 5 heterocycles. The van der Waals surface area contributed by atoms with Crippen molar-refractivity contribution in [3.05, 3.63) is 240 Å². The Bertz CT molecular complexity index is 5510. The Morgan fingerprint density at radius 1 is 0.484 bits per heavy atom. The van der Waals surface area contributed by atoms with Crippen LogP contribution in [0.15, 0.2) is 206 Å². The van der Waals surface area contributed by atoms with Crippen LogP contribution in [0.5, 0.6) is 0 Å². The first kappa shape index (κ1) is 55.9. The van der Waals surface area contributed by atoms with Gasteiger partial charge in [-0.3, -0.25) is 4.57 Å². The number of hydrogen-bond acceptors (Lipinski definition) is 8. The lowest BCUT2D eigenvalue weighted by atomic mass is 9.67. The Balaban J connectivity index is 0.860. The van der Waals surface area contributed by atoms with Crippen molar-refractivity contribution in [2.75, 3.05) is 0 Å². The molecular weight excluding hydrogens is 1140 g/mol. The summed E-state index contributed by atoms with van der Waals surface area (Å²) in [6, 6.07) is 74.7. The van der Waals surface area contributed by atoms with Crippen LogP contribution in [0.1, 0.15) is 107 Å². The number of nitrogens with zero attached hydrogens (tertiary/aromatic N) is 11. The molecule has 17 rings (SSSR count). The van der Waals surface area contributed by atoms with Gasteiger partial charge in [-0.25, -0.2) is 19.9 Å². The highest BCUT2D eigenvalue weighted by atomic mass is 15.2. The van der Waals surface area contributed by atoms with E-state index in [9.17, 15) is 10.5 Å². The van der Waals surface area contributed by atoms with Crippen LogP contribution in [0.4, 0.5) is 0 Å². The molecule has 0 radical (unpaired) electrons.